The minimum Gasteiger partial charge on any atom is -0.376 e. The van der Waals surface area contributed by atoms with Crippen molar-refractivity contribution in [3.8, 4) is 0 Å². The first-order valence-corrected chi connectivity index (χ1v) is 11.6. The van der Waals surface area contributed by atoms with Crippen LogP contribution in [-0.4, -0.2) is 63.3 Å². The van der Waals surface area contributed by atoms with Crippen molar-refractivity contribution in [1.82, 2.24) is 9.62 Å². The molecule has 0 spiro atoms. The second kappa shape index (κ2) is 8.46. The molecule has 2 N–H and O–H groups in total. The zero-order valence-corrected chi connectivity index (χ0v) is 18.2. The number of aliphatic hydroxyl groups is 1. The van der Waals surface area contributed by atoms with Crippen LogP contribution in [-0.2, 0) is 15.6 Å². The van der Waals surface area contributed by atoms with E-state index in [0.717, 1.165) is 6.92 Å². The van der Waals surface area contributed by atoms with Crippen molar-refractivity contribution < 1.29 is 26.7 Å². The number of alkyl halides is 3. The first-order chi connectivity index (χ1) is 14.0. The molecule has 0 saturated carbocycles. The van der Waals surface area contributed by atoms with Crippen molar-refractivity contribution in [2.45, 2.75) is 29.0 Å². The zero-order chi connectivity index (χ0) is 22.2. The average molecular weight is 464 g/mol. The van der Waals surface area contributed by atoms with Crippen LogP contribution < -0.4 is 10.2 Å². The number of likely N-dealkylation sites (N-methyl/N-ethyl adjacent to an activating group) is 1. The smallest absolute Gasteiger partial charge is 0.376 e. The lowest BCUT2D eigenvalue weighted by molar-refractivity contribution is -0.258. The molecule has 2 heterocycles. The van der Waals surface area contributed by atoms with Crippen LogP contribution in [0.4, 0.5) is 18.9 Å². The Morgan fingerprint density at radius 3 is 2.40 bits per heavy atom. The highest BCUT2D eigenvalue weighted by Gasteiger charge is 2.51. The maximum atomic E-state index is 13.1. The highest BCUT2D eigenvalue weighted by atomic mass is 32.2. The molecule has 0 bridgehead atoms. The molecule has 1 fully saturated rings. The molecule has 3 rings (SSSR count). The topological polar surface area (TPSA) is 72.9 Å². The molecule has 2 unspecified atom stereocenters. The molecule has 6 nitrogen and oxygen atoms in total. The molecular formula is C19H24F3N3O3S2. The number of benzene rings is 1. The van der Waals surface area contributed by atoms with Gasteiger partial charge in [0.25, 0.3) is 10.0 Å². The number of hydrogen-bond donors (Lipinski definition) is 2. The van der Waals surface area contributed by atoms with E-state index >= 15 is 0 Å². The first kappa shape index (κ1) is 23.0. The standard InChI is InChI=1S/C19H24F3N3O3S2/c1-18(26,19(20,21)22)14-5-7-15(8-6-14)25-10-9-24(13-16(25)12-23-2)30(27,28)17-4-3-11-29-17/h3-8,11,16,23,26H,9-10,12-13H2,1-2H3. The van der Waals surface area contributed by atoms with Crippen molar-refractivity contribution in [2.24, 2.45) is 0 Å². The number of nitrogens with zero attached hydrogens (tertiary/aromatic N) is 2. The van der Waals surface area contributed by atoms with E-state index in [1.54, 1.807) is 24.6 Å². The fourth-order valence-electron chi connectivity index (χ4n) is 3.47. The number of anilines is 1. The van der Waals surface area contributed by atoms with Gasteiger partial charge in [-0.1, -0.05) is 18.2 Å². The van der Waals surface area contributed by atoms with Crippen LogP contribution in [0.25, 0.3) is 0 Å². The predicted octanol–water partition coefficient (Wildman–Crippen LogP) is 2.62. The summed E-state index contributed by atoms with van der Waals surface area (Å²) < 4.78 is 66.7. The van der Waals surface area contributed by atoms with Gasteiger partial charge in [0.15, 0.2) is 5.60 Å². The van der Waals surface area contributed by atoms with Crippen LogP contribution >= 0.6 is 11.3 Å². The number of sulfonamides is 1. The second-order valence-electron chi connectivity index (χ2n) is 7.32. The Bertz CT molecular complexity index is 946. The third kappa shape index (κ3) is 4.35. The van der Waals surface area contributed by atoms with Gasteiger partial charge >= 0.3 is 6.18 Å². The van der Waals surface area contributed by atoms with Crippen LogP contribution in [0.3, 0.4) is 0 Å². The minimum atomic E-state index is -4.79. The first-order valence-electron chi connectivity index (χ1n) is 9.33. The van der Waals surface area contributed by atoms with E-state index in [1.807, 2.05) is 4.90 Å². The predicted molar refractivity (Wildman–Crippen MR) is 110 cm³/mol. The molecule has 30 heavy (non-hydrogen) atoms. The fraction of sp³-hybridized carbons (Fsp3) is 0.474. The van der Waals surface area contributed by atoms with Crippen molar-refractivity contribution in [3.05, 3.63) is 47.3 Å². The van der Waals surface area contributed by atoms with E-state index in [9.17, 15) is 26.7 Å². The Morgan fingerprint density at radius 1 is 1.20 bits per heavy atom. The Balaban J connectivity index is 1.82. The lowest BCUT2D eigenvalue weighted by atomic mass is 9.95. The molecular weight excluding hydrogens is 439 g/mol. The quantitative estimate of drug-likeness (QED) is 0.689. The summed E-state index contributed by atoms with van der Waals surface area (Å²) >= 11 is 1.17. The van der Waals surface area contributed by atoms with Crippen molar-refractivity contribution in [2.75, 3.05) is 38.1 Å². The molecule has 1 aliphatic heterocycles. The number of nitrogens with one attached hydrogen (secondary N) is 1. The summed E-state index contributed by atoms with van der Waals surface area (Å²) in [4.78, 5) is 1.98. The Kier molecular flexibility index (Phi) is 6.49. The van der Waals surface area contributed by atoms with Gasteiger partial charge in [-0.2, -0.15) is 17.5 Å². The average Bonchev–Trinajstić information content (AvgIpc) is 3.23. The van der Waals surface area contributed by atoms with Crippen LogP contribution in [0, 0.1) is 0 Å². The largest absolute Gasteiger partial charge is 0.421 e. The summed E-state index contributed by atoms with van der Waals surface area (Å²) in [5.41, 5.74) is -2.52. The molecule has 1 saturated heterocycles. The number of rotatable bonds is 6. The van der Waals surface area contributed by atoms with E-state index < -0.39 is 21.8 Å². The third-order valence-electron chi connectivity index (χ3n) is 5.29. The van der Waals surface area contributed by atoms with Crippen molar-refractivity contribution >= 4 is 27.0 Å². The lowest BCUT2D eigenvalue weighted by Crippen LogP contribution is -2.57. The second-order valence-corrected chi connectivity index (χ2v) is 10.4. The van der Waals surface area contributed by atoms with Gasteiger partial charge in [0, 0.05) is 31.9 Å². The molecule has 11 heteroatoms. The minimum absolute atomic E-state index is 0.201. The number of hydrogen-bond acceptors (Lipinski definition) is 6. The van der Waals surface area contributed by atoms with Gasteiger partial charge in [0.2, 0.25) is 0 Å². The Labute approximate surface area is 178 Å². The third-order valence-corrected chi connectivity index (χ3v) is 8.53. The molecule has 2 atom stereocenters. The maximum Gasteiger partial charge on any atom is 0.421 e. The molecule has 0 radical (unpaired) electrons. The summed E-state index contributed by atoms with van der Waals surface area (Å²) in [7, 11) is -1.82. The van der Waals surface area contributed by atoms with Gasteiger partial charge in [0.1, 0.15) is 4.21 Å². The van der Waals surface area contributed by atoms with Gasteiger partial charge in [-0.05, 0) is 43.1 Å². The highest BCUT2D eigenvalue weighted by Crippen LogP contribution is 2.39. The van der Waals surface area contributed by atoms with Gasteiger partial charge < -0.3 is 15.3 Å². The van der Waals surface area contributed by atoms with E-state index in [2.05, 4.69) is 5.32 Å². The van der Waals surface area contributed by atoms with E-state index in [-0.39, 0.29) is 28.9 Å². The van der Waals surface area contributed by atoms with Crippen LogP contribution in [0.15, 0.2) is 46.0 Å². The normalized spacial score (nSPS) is 20.9. The Hall–Kier alpha value is -1.66. The van der Waals surface area contributed by atoms with Crippen molar-refractivity contribution in [1.29, 1.82) is 0 Å². The number of thiophene rings is 1. The lowest BCUT2D eigenvalue weighted by Gasteiger charge is -2.42. The van der Waals surface area contributed by atoms with Crippen molar-refractivity contribution in [3.63, 3.8) is 0 Å². The summed E-state index contributed by atoms with van der Waals surface area (Å²) in [6.45, 7) is 2.13. The van der Waals surface area contributed by atoms with Gasteiger partial charge in [-0.25, -0.2) is 8.42 Å². The number of halogens is 3. The summed E-state index contributed by atoms with van der Waals surface area (Å²) in [5.74, 6) is 0. The van der Waals surface area contributed by atoms with Crippen LogP contribution in [0.5, 0.6) is 0 Å². The van der Waals surface area contributed by atoms with Gasteiger partial charge in [-0.15, -0.1) is 11.3 Å². The van der Waals surface area contributed by atoms with Gasteiger partial charge in [-0.3, -0.25) is 0 Å². The van der Waals surface area contributed by atoms with E-state index in [1.165, 1.54) is 39.9 Å². The fourth-order valence-corrected chi connectivity index (χ4v) is 6.09. The Morgan fingerprint density at radius 2 is 1.87 bits per heavy atom. The summed E-state index contributed by atoms with van der Waals surface area (Å²) in [6.07, 6.45) is -4.79. The summed E-state index contributed by atoms with van der Waals surface area (Å²) in [5, 5.41) is 14.6. The molecule has 1 aliphatic rings. The van der Waals surface area contributed by atoms with Crippen LogP contribution in [0.1, 0.15) is 12.5 Å². The summed E-state index contributed by atoms with van der Waals surface area (Å²) in [6, 6.07) is 8.64. The highest BCUT2D eigenvalue weighted by molar-refractivity contribution is 7.91. The molecule has 2 aromatic rings. The van der Waals surface area contributed by atoms with E-state index in [0.29, 0.717) is 18.8 Å². The SMILES string of the molecule is CNCC1CN(S(=O)(=O)c2cccs2)CCN1c1ccc(C(C)(O)C(F)(F)F)cc1. The number of piperazine rings is 1. The maximum absolute atomic E-state index is 13.1. The molecule has 1 aromatic heterocycles. The monoisotopic (exact) mass is 463 g/mol. The molecule has 0 aliphatic carbocycles. The van der Waals surface area contributed by atoms with Gasteiger partial charge in [0.05, 0.1) is 6.04 Å². The molecule has 166 valence electrons. The molecule has 0 amide bonds. The zero-order valence-electron chi connectivity index (χ0n) is 16.6. The molecule has 1 aromatic carbocycles. The van der Waals surface area contributed by atoms with E-state index in [4.69, 9.17) is 0 Å². The van der Waals surface area contributed by atoms with Crippen LogP contribution in [0.2, 0.25) is 0 Å².